The van der Waals surface area contributed by atoms with E-state index < -0.39 is 5.43 Å². The minimum Gasteiger partial charge on any atom is -0.506 e. The Kier molecular flexibility index (Phi) is 5.25. The van der Waals surface area contributed by atoms with E-state index in [9.17, 15) is 15.0 Å². The first-order valence-electron chi connectivity index (χ1n) is 7.51. The van der Waals surface area contributed by atoms with Crippen LogP contribution in [0.3, 0.4) is 0 Å². The summed E-state index contributed by atoms with van der Waals surface area (Å²) in [5.41, 5.74) is -0.119. The quantitative estimate of drug-likeness (QED) is 0.545. The number of hydrogen-bond acceptors (Lipinski definition) is 7. The zero-order valence-electron chi connectivity index (χ0n) is 14.4. The minimum absolute atomic E-state index is 0.0728. The summed E-state index contributed by atoms with van der Waals surface area (Å²) in [4.78, 5) is 13.0. The Morgan fingerprint density at radius 3 is 2.19 bits per heavy atom. The molecule has 27 heavy (non-hydrogen) atoms. The number of fused-ring (bicyclic) bond motifs is 1. The van der Waals surface area contributed by atoms with Crippen LogP contribution in [0.4, 0.5) is 0 Å². The molecule has 3 rings (SSSR count). The molecule has 0 radical (unpaired) electrons. The lowest BCUT2D eigenvalue weighted by molar-refractivity contribution is 0.373. The van der Waals surface area contributed by atoms with E-state index in [1.165, 1.54) is 33.5 Å². The minimum atomic E-state index is -0.578. The lowest BCUT2D eigenvalue weighted by atomic mass is 10.1. The van der Waals surface area contributed by atoms with Gasteiger partial charge in [0.2, 0.25) is 11.2 Å². The normalized spacial score (nSPS) is 10.9. The summed E-state index contributed by atoms with van der Waals surface area (Å²) >= 11 is 6.55. The first-order chi connectivity index (χ1) is 12.8. The highest BCUT2D eigenvalue weighted by Gasteiger charge is 2.26. The molecule has 0 bridgehead atoms. The Morgan fingerprint density at radius 1 is 0.963 bits per heavy atom. The third kappa shape index (κ3) is 3.00. The van der Waals surface area contributed by atoms with Gasteiger partial charge in [0, 0.05) is 5.56 Å². The maximum absolute atomic E-state index is 13.0. The van der Waals surface area contributed by atoms with E-state index in [4.69, 9.17) is 18.6 Å². The molecule has 0 amide bonds. The van der Waals surface area contributed by atoms with Gasteiger partial charge < -0.3 is 28.8 Å². The van der Waals surface area contributed by atoms with Gasteiger partial charge >= 0.3 is 0 Å². The molecule has 1 heterocycles. The van der Waals surface area contributed by atoms with Crippen LogP contribution in [-0.4, -0.2) is 31.5 Å². The van der Waals surface area contributed by atoms with Gasteiger partial charge in [-0.3, -0.25) is 4.79 Å². The van der Waals surface area contributed by atoms with Crippen molar-refractivity contribution in [3.05, 3.63) is 37.4 Å². The summed E-state index contributed by atoms with van der Waals surface area (Å²) in [7, 11) is 4.16. The largest absolute Gasteiger partial charge is 0.506 e. The first kappa shape index (κ1) is 19.4. The summed E-state index contributed by atoms with van der Waals surface area (Å²) in [5, 5.41) is 20.4. The van der Waals surface area contributed by atoms with E-state index in [1.807, 2.05) is 0 Å². The van der Waals surface area contributed by atoms with Crippen LogP contribution in [0.1, 0.15) is 0 Å². The summed E-state index contributed by atoms with van der Waals surface area (Å²) in [6, 6.07) is 4.52. The molecule has 3 aromatic rings. The van der Waals surface area contributed by atoms with Crippen LogP contribution in [0.2, 0.25) is 0 Å². The van der Waals surface area contributed by atoms with Crippen LogP contribution in [-0.2, 0) is 0 Å². The molecule has 0 aliphatic carbocycles. The van der Waals surface area contributed by atoms with E-state index in [-0.39, 0.29) is 49.9 Å². The highest BCUT2D eigenvalue weighted by Crippen LogP contribution is 2.47. The molecule has 0 unspecified atom stereocenters. The van der Waals surface area contributed by atoms with Crippen LogP contribution < -0.4 is 19.6 Å². The molecular formula is C18H14Br2O7. The number of hydrogen-bond donors (Lipinski definition) is 2. The van der Waals surface area contributed by atoms with Crippen LogP contribution in [0.5, 0.6) is 28.7 Å². The highest BCUT2D eigenvalue weighted by molar-refractivity contribution is 9.11. The van der Waals surface area contributed by atoms with Gasteiger partial charge in [0.25, 0.3) is 0 Å². The zero-order valence-corrected chi connectivity index (χ0v) is 17.6. The molecule has 142 valence electrons. The Bertz CT molecular complexity index is 1110. The number of benzene rings is 2. The summed E-state index contributed by atoms with van der Waals surface area (Å²) in [6.07, 6.45) is 0. The molecule has 0 saturated heterocycles. The van der Waals surface area contributed by atoms with Gasteiger partial charge in [0.1, 0.15) is 20.1 Å². The molecule has 1 aromatic heterocycles. The molecule has 9 heteroatoms. The molecule has 2 aromatic carbocycles. The van der Waals surface area contributed by atoms with Crippen LogP contribution in [0, 0.1) is 0 Å². The third-order valence-electron chi connectivity index (χ3n) is 3.96. The topological polar surface area (TPSA) is 98.4 Å². The number of ether oxygens (including phenoxy) is 3. The van der Waals surface area contributed by atoms with Gasteiger partial charge in [-0.05, 0) is 50.1 Å². The van der Waals surface area contributed by atoms with E-state index in [1.54, 1.807) is 6.07 Å². The summed E-state index contributed by atoms with van der Waals surface area (Å²) in [5.74, 6) is 0.0298. The smallest absolute Gasteiger partial charge is 0.239 e. The van der Waals surface area contributed by atoms with Crippen molar-refractivity contribution in [1.29, 1.82) is 0 Å². The van der Waals surface area contributed by atoms with Crippen molar-refractivity contribution >= 4 is 42.8 Å². The molecule has 0 atom stereocenters. The Labute approximate surface area is 170 Å². The summed E-state index contributed by atoms with van der Waals surface area (Å²) < 4.78 is 22.0. The van der Waals surface area contributed by atoms with Crippen molar-refractivity contribution in [2.45, 2.75) is 0 Å². The first-order valence-corrected chi connectivity index (χ1v) is 9.10. The molecular weight excluding hydrogens is 488 g/mol. The van der Waals surface area contributed by atoms with Crippen molar-refractivity contribution in [1.82, 2.24) is 0 Å². The van der Waals surface area contributed by atoms with Crippen molar-refractivity contribution in [2.75, 3.05) is 21.3 Å². The number of aromatic hydroxyl groups is 2. The number of halogens is 2. The second-order valence-corrected chi connectivity index (χ2v) is 6.98. The van der Waals surface area contributed by atoms with Crippen LogP contribution in [0.15, 0.2) is 36.4 Å². The predicted octanol–water partition coefficient (Wildman–Crippen LogP) is 4.42. The number of rotatable bonds is 4. The molecule has 0 spiro atoms. The number of methoxy groups -OCH3 is 3. The maximum atomic E-state index is 13.0. The monoisotopic (exact) mass is 500 g/mol. The fraction of sp³-hybridized carbons (Fsp3) is 0.167. The van der Waals surface area contributed by atoms with Gasteiger partial charge in [-0.25, -0.2) is 0 Å². The fourth-order valence-electron chi connectivity index (χ4n) is 2.69. The maximum Gasteiger partial charge on any atom is 0.239 e. The van der Waals surface area contributed by atoms with Gasteiger partial charge in [0.05, 0.1) is 21.3 Å². The van der Waals surface area contributed by atoms with Gasteiger partial charge in [-0.2, -0.15) is 0 Å². The van der Waals surface area contributed by atoms with E-state index >= 15 is 0 Å². The molecule has 0 aliphatic rings. The van der Waals surface area contributed by atoms with Gasteiger partial charge in [-0.1, -0.05) is 0 Å². The molecule has 7 nitrogen and oxygen atoms in total. The Morgan fingerprint density at radius 2 is 1.63 bits per heavy atom. The Balaban J connectivity index is 2.44. The van der Waals surface area contributed by atoms with E-state index in [0.717, 1.165) is 0 Å². The molecule has 0 fully saturated rings. The van der Waals surface area contributed by atoms with Gasteiger partial charge in [0.15, 0.2) is 28.6 Å². The lowest BCUT2D eigenvalue weighted by Gasteiger charge is -2.14. The van der Waals surface area contributed by atoms with E-state index in [2.05, 4.69) is 31.9 Å². The molecule has 2 N–H and O–H groups in total. The average molecular weight is 502 g/mol. The second kappa shape index (κ2) is 7.32. The summed E-state index contributed by atoms with van der Waals surface area (Å²) in [6.45, 7) is 0. The Hall–Kier alpha value is -2.39. The number of phenolic OH excluding ortho intramolecular Hbond substituents is 2. The van der Waals surface area contributed by atoms with Crippen LogP contribution in [0.25, 0.3) is 22.3 Å². The third-order valence-corrected chi connectivity index (χ3v) is 5.42. The SMILES string of the molecule is COc1ccc(-c2oc3c(Br)c(OC)c(Br)c(O)c3c(=O)c2OC)cc1O. The molecule has 0 aliphatic heterocycles. The van der Waals surface area contributed by atoms with Crippen molar-refractivity contribution in [2.24, 2.45) is 0 Å². The van der Waals surface area contributed by atoms with Crippen molar-refractivity contribution in [3.63, 3.8) is 0 Å². The van der Waals surface area contributed by atoms with E-state index in [0.29, 0.717) is 10.0 Å². The highest BCUT2D eigenvalue weighted by atomic mass is 79.9. The van der Waals surface area contributed by atoms with Crippen molar-refractivity contribution < 1.29 is 28.8 Å². The standard InChI is InChI=1S/C18H14Br2O7/c1-24-9-5-4-7(6-8(9)21)15-18(26-3)14(23)10-13(22)11(19)17(25-2)12(20)16(10)27-15/h4-6,21-22H,1-3H3. The van der Waals surface area contributed by atoms with Crippen molar-refractivity contribution in [3.8, 4) is 40.1 Å². The number of phenols is 2. The van der Waals surface area contributed by atoms with Crippen LogP contribution >= 0.6 is 31.9 Å². The van der Waals surface area contributed by atoms with Gasteiger partial charge in [-0.15, -0.1) is 0 Å². The fourth-order valence-corrected chi connectivity index (χ4v) is 4.16. The lowest BCUT2D eigenvalue weighted by Crippen LogP contribution is -2.09. The second-order valence-electron chi connectivity index (χ2n) is 5.39. The predicted molar refractivity (Wildman–Crippen MR) is 106 cm³/mol. The zero-order chi connectivity index (χ0) is 19.9. The molecule has 0 saturated carbocycles. The average Bonchev–Trinajstić information content (AvgIpc) is 2.66.